The number of benzene rings is 1. The SMILES string of the molecule is CONNc1cccc(C)c1. The summed E-state index contributed by atoms with van der Waals surface area (Å²) in [6, 6.07) is 8.00. The molecule has 1 aromatic rings. The molecule has 0 aliphatic carbocycles. The molecule has 0 saturated heterocycles. The standard InChI is InChI=1S/C8H12N2O/c1-7-4-3-5-8(6-7)9-10-11-2/h3-6,9-10H,1-2H3. The van der Waals surface area contributed by atoms with Crippen LogP contribution < -0.4 is 11.0 Å². The quantitative estimate of drug-likeness (QED) is 0.643. The lowest BCUT2D eigenvalue weighted by molar-refractivity contribution is 0.111. The van der Waals surface area contributed by atoms with Crippen LogP contribution in [0, 0.1) is 6.92 Å². The molecule has 2 N–H and O–H groups in total. The van der Waals surface area contributed by atoms with Crippen molar-refractivity contribution in [3.63, 3.8) is 0 Å². The molecule has 60 valence electrons. The molecule has 3 heteroatoms. The van der Waals surface area contributed by atoms with Gasteiger partial charge in [-0.05, 0) is 24.6 Å². The Morgan fingerprint density at radius 1 is 1.36 bits per heavy atom. The summed E-state index contributed by atoms with van der Waals surface area (Å²) >= 11 is 0. The van der Waals surface area contributed by atoms with Crippen LogP contribution in [0.1, 0.15) is 5.56 Å². The Bertz CT molecular complexity index is 225. The van der Waals surface area contributed by atoms with E-state index in [1.54, 1.807) is 7.11 Å². The van der Waals surface area contributed by atoms with E-state index in [0.29, 0.717) is 0 Å². The lowest BCUT2D eigenvalue weighted by atomic mass is 10.2. The first-order valence-corrected chi connectivity index (χ1v) is 3.43. The van der Waals surface area contributed by atoms with Gasteiger partial charge in [-0.2, -0.15) is 0 Å². The van der Waals surface area contributed by atoms with E-state index >= 15 is 0 Å². The summed E-state index contributed by atoms with van der Waals surface area (Å²) in [6.45, 7) is 2.04. The van der Waals surface area contributed by atoms with Gasteiger partial charge in [0.25, 0.3) is 0 Å². The normalized spacial score (nSPS) is 9.64. The highest BCUT2D eigenvalue weighted by atomic mass is 16.7. The summed E-state index contributed by atoms with van der Waals surface area (Å²) in [4.78, 5) is 4.62. The molecule has 0 atom stereocenters. The predicted octanol–water partition coefficient (Wildman–Crippen LogP) is 1.47. The largest absolute Gasteiger partial charge is 0.299 e. The van der Waals surface area contributed by atoms with Crippen molar-refractivity contribution in [2.75, 3.05) is 12.5 Å². The third-order valence-corrected chi connectivity index (χ3v) is 1.32. The van der Waals surface area contributed by atoms with Gasteiger partial charge in [-0.25, -0.2) is 0 Å². The minimum absolute atomic E-state index is 0.992. The molecular weight excluding hydrogens is 140 g/mol. The number of nitrogens with one attached hydrogen (secondary N) is 2. The Hall–Kier alpha value is -1.06. The van der Waals surface area contributed by atoms with E-state index in [2.05, 4.69) is 15.9 Å². The van der Waals surface area contributed by atoms with E-state index in [9.17, 15) is 0 Å². The lowest BCUT2D eigenvalue weighted by Crippen LogP contribution is -2.19. The van der Waals surface area contributed by atoms with Gasteiger partial charge in [0, 0.05) is 0 Å². The average Bonchev–Trinajstić information content (AvgIpc) is 2.01. The van der Waals surface area contributed by atoms with Crippen molar-refractivity contribution in [3.8, 4) is 0 Å². The molecule has 1 aromatic carbocycles. The van der Waals surface area contributed by atoms with Crippen LogP contribution >= 0.6 is 0 Å². The van der Waals surface area contributed by atoms with Gasteiger partial charge >= 0.3 is 0 Å². The molecule has 3 nitrogen and oxygen atoms in total. The van der Waals surface area contributed by atoms with Crippen molar-refractivity contribution in [2.24, 2.45) is 0 Å². The summed E-state index contributed by atoms with van der Waals surface area (Å²) in [5.74, 6) is 0. The third kappa shape index (κ3) is 2.57. The van der Waals surface area contributed by atoms with Crippen molar-refractivity contribution in [1.82, 2.24) is 5.59 Å². The number of anilines is 1. The Morgan fingerprint density at radius 3 is 2.82 bits per heavy atom. The van der Waals surface area contributed by atoms with Gasteiger partial charge in [0.05, 0.1) is 12.8 Å². The van der Waals surface area contributed by atoms with Crippen LogP contribution in [0.5, 0.6) is 0 Å². The maximum atomic E-state index is 4.62. The molecule has 1 rings (SSSR count). The molecule has 0 aromatic heterocycles. The molecule has 0 spiro atoms. The predicted molar refractivity (Wildman–Crippen MR) is 44.9 cm³/mol. The van der Waals surface area contributed by atoms with Gasteiger partial charge in [-0.15, -0.1) is 5.59 Å². The highest BCUT2D eigenvalue weighted by Gasteiger charge is 1.88. The van der Waals surface area contributed by atoms with Gasteiger partial charge in [0.1, 0.15) is 0 Å². The zero-order valence-electron chi connectivity index (χ0n) is 6.72. The molecule has 0 heterocycles. The van der Waals surface area contributed by atoms with Crippen LogP contribution in [0.3, 0.4) is 0 Å². The van der Waals surface area contributed by atoms with E-state index in [4.69, 9.17) is 0 Å². The van der Waals surface area contributed by atoms with E-state index in [0.717, 1.165) is 5.69 Å². The van der Waals surface area contributed by atoms with E-state index in [-0.39, 0.29) is 0 Å². The van der Waals surface area contributed by atoms with Crippen molar-refractivity contribution < 1.29 is 4.84 Å². The van der Waals surface area contributed by atoms with E-state index in [1.807, 2.05) is 31.2 Å². The maximum Gasteiger partial charge on any atom is 0.0593 e. The Kier molecular flexibility index (Phi) is 2.89. The molecule has 0 fully saturated rings. The zero-order valence-corrected chi connectivity index (χ0v) is 6.72. The van der Waals surface area contributed by atoms with Crippen molar-refractivity contribution in [2.45, 2.75) is 6.92 Å². The number of rotatable bonds is 3. The second-order valence-electron chi connectivity index (χ2n) is 2.30. The van der Waals surface area contributed by atoms with Crippen LogP contribution in [0.2, 0.25) is 0 Å². The molecule has 0 aliphatic heterocycles. The molecule has 0 aliphatic rings. The van der Waals surface area contributed by atoms with Gasteiger partial charge in [0.2, 0.25) is 0 Å². The van der Waals surface area contributed by atoms with Crippen LogP contribution in [0.25, 0.3) is 0 Å². The van der Waals surface area contributed by atoms with Crippen molar-refractivity contribution >= 4 is 5.69 Å². The second-order valence-corrected chi connectivity index (χ2v) is 2.30. The molecular formula is C8H12N2O. The molecule has 0 amide bonds. The Balaban J connectivity index is 2.56. The number of hydrazine groups is 1. The minimum Gasteiger partial charge on any atom is -0.299 e. The molecule has 0 saturated carbocycles. The van der Waals surface area contributed by atoms with Gasteiger partial charge in [-0.1, -0.05) is 12.1 Å². The summed E-state index contributed by atoms with van der Waals surface area (Å²) < 4.78 is 0. The van der Waals surface area contributed by atoms with Gasteiger partial charge < -0.3 is 0 Å². The summed E-state index contributed by atoms with van der Waals surface area (Å²) in [5, 5.41) is 0. The van der Waals surface area contributed by atoms with Crippen LogP contribution in [-0.2, 0) is 4.84 Å². The first-order chi connectivity index (χ1) is 5.33. The third-order valence-electron chi connectivity index (χ3n) is 1.32. The van der Waals surface area contributed by atoms with Crippen molar-refractivity contribution in [1.29, 1.82) is 0 Å². The zero-order chi connectivity index (χ0) is 8.10. The second kappa shape index (κ2) is 3.95. The van der Waals surface area contributed by atoms with Crippen LogP contribution in [0.15, 0.2) is 24.3 Å². The van der Waals surface area contributed by atoms with Crippen molar-refractivity contribution in [3.05, 3.63) is 29.8 Å². The molecule has 0 unspecified atom stereocenters. The van der Waals surface area contributed by atoms with E-state index < -0.39 is 0 Å². The number of aryl methyl sites for hydroxylation is 1. The Labute approximate surface area is 66.3 Å². The first kappa shape index (κ1) is 8.04. The van der Waals surface area contributed by atoms with Gasteiger partial charge in [-0.3, -0.25) is 10.3 Å². The van der Waals surface area contributed by atoms with Gasteiger partial charge in [0.15, 0.2) is 0 Å². The number of hydrogen-bond donors (Lipinski definition) is 2. The summed E-state index contributed by atoms with van der Waals surface area (Å²) in [6.07, 6.45) is 0. The molecule has 11 heavy (non-hydrogen) atoms. The highest BCUT2D eigenvalue weighted by molar-refractivity contribution is 5.44. The molecule has 0 bridgehead atoms. The topological polar surface area (TPSA) is 33.3 Å². The highest BCUT2D eigenvalue weighted by Crippen LogP contribution is 2.07. The smallest absolute Gasteiger partial charge is 0.0593 e. The van der Waals surface area contributed by atoms with Crippen LogP contribution in [0.4, 0.5) is 5.69 Å². The lowest BCUT2D eigenvalue weighted by Gasteiger charge is -2.05. The fourth-order valence-electron chi connectivity index (χ4n) is 0.833. The fourth-order valence-corrected chi connectivity index (χ4v) is 0.833. The molecule has 0 radical (unpaired) electrons. The maximum absolute atomic E-state index is 4.62. The van der Waals surface area contributed by atoms with E-state index in [1.165, 1.54) is 5.56 Å². The van der Waals surface area contributed by atoms with Crippen LogP contribution in [-0.4, -0.2) is 7.11 Å². The first-order valence-electron chi connectivity index (χ1n) is 3.43. The summed E-state index contributed by atoms with van der Waals surface area (Å²) in [7, 11) is 1.56. The summed E-state index contributed by atoms with van der Waals surface area (Å²) in [5.41, 5.74) is 7.61. The average molecular weight is 152 g/mol. The monoisotopic (exact) mass is 152 g/mol. The number of hydrogen-bond acceptors (Lipinski definition) is 3. The minimum atomic E-state index is 0.992. The fraction of sp³-hybridized carbons (Fsp3) is 0.250. The Morgan fingerprint density at radius 2 is 2.18 bits per heavy atom.